The van der Waals surface area contributed by atoms with Crippen molar-refractivity contribution in [1.29, 1.82) is 0 Å². The number of carbonyl (C=O) groups excluding carboxylic acids is 2. The van der Waals surface area contributed by atoms with E-state index in [4.69, 9.17) is 0 Å². The minimum atomic E-state index is -0.719. The van der Waals surface area contributed by atoms with Gasteiger partial charge in [0.2, 0.25) is 0 Å². The molecular weight excluding hydrogens is 302 g/mol. The van der Waals surface area contributed by atoms with Crippen LogP contribution in [0.25, 0.3) is 0 Å². The van der Waals surface area contributed by atoms with Crippen molar-refractivity contribution in [3.8, 4) is 0 Å². The number of imide groups is 1. The number of hydrazone groups is 1. The van der Waals surface area contributed by atoms with Crippen molar-refractivity contribution in [2.75, 3.05) is 0 Å². The predicted molar refractivity (Wildman–Crippen MR) is 93.9 cm³/mol. The Morgan fingerprint density at radius 3 is 2.29 bits per heavy atom. The maximum Gasteiger partial charge on any atom is 0.346 e. The number of amides is 3. The Hall–Kier alpha value is -2.17. The van der Waals surface area contributed by atoms with E-state index in [9.17, 15) is 9.59 Å². The highest BCUT2D eigenvalue weighted by Gasteiger charge is 2.51. The summed E-state index contributed by atoms with van der Waals surface area (Å²) in [6, 6.07) is 7.60. The van der Waals surface area contributed by atoms with Crippen molar-refractivity contribution in [1.82, 2.24) is 10.3 Å². The van der Waals surface area contributed by atoms with Gasteiger partial charge >= 0.3 is 6.03 Å². The molecule has 5 nitrogen and oxygen atoms in total. The van der Waals surface area contributed by atoms with Crippen LogP contribution in [0.3, 0.4) is 0 Å². The highest BCUT2D eigenvalue weighted by molar-refractivity contribution is 6.07. The second-order valence-electron chi connectivity index (χ2n) is 7.81. The van der Waals surface area contributed by atoms with Crippen LogP contribution in [0.2, 0.25) is 0 Å². The Balaban J connectivity index is 1.74. The van der Waals surface area contributed by atoms with Crippen molar-refractivity contribution in [3.63, 3.8) is 0 Å². The third kappa shape index (κ3) is 3.07. The lowest BCUT2D eigenvalue weighted by Gasteiger charge is -2.29. The molecule has 1 aromatic rings. The predicted octanol–water partition coefficient (Wildman–Crippen LogP) is 3.57. The van der Waals surface area contributed by atoms with Crippen LogP contribution >= 0.6 is 0 Å². The van der Waals surface area contributed by atoms with E-state index in [1.807, 2.05) is 12.1 Å². The van der Waals surface area contributed by atoms with Crippen LogP contribution in [0.4, 0.5) is 4.79 Å². The van der Waals surface area contributed by atoms with E-state index in [2.05, 4.69) is 43.3 Å². The van der Waals surface area contributed by atoms with Crippen LogP contribution in [0.15, 0.2) is 29.4 Å². The number of hydrogen-bond donors (Lipinski definition) is 1. The fraction of sp³-hybridized carbons (Fsp3) is 0.526. The van der Waals surface area contributed by atoms with Crippen molar-refractivity contribution >= 4 is 18.2 Å². The summed E-state index contributed by atoms with van der Waals surface area (Å²) in [6.07, 6.45) is 6.06. The molecule has 3 rings (SSSR count). The van der Waals surface area contributed by atoms with Gasteiger partial charge in [0.05, 0.1) is 6.21 Å². The van der Waals surface area contributed by atoms with Gasteiger partial charge in [-0.25, -0.2) is 4.79 Å². The van der Waals surface area contributed by atoms with Crippen molar-refractivity contribution in [2.24, 2.45) is 5.10 Å². The molecule has 0 bridgehead atoms. The first-order valence-electron chi connectivity index (χ1n) is 8.63. The highest BCUT2D eigenvalue weighted by atomic mass is 16.2. The van der Waals surface area contributed by atoms with Gasteiger partial charge in [-0.3, -0.25) is 4.79 Å². The lowest BCUT2D eigenvalue weighted by molar-refractivity contribution is -0.132. The molecule has 5 heteroatoms. The standard InChI is InChI=1S/C19H25N3O2/c1-18(2,3)15-9-7-14(8-10-15)13-20-22-16(23)19(21-17(22)24)11-5-4-6-12-19/h7-10,13H,4-6,11-12H2,1-3H3,(H,21,24)/b20-13-. The molecule has 128 valence electrons. The maximum absolute atomic E-state index is 12.6. The normalized spacial score (nSPS) is 20.9. The lowest BCUT2D eigenvalue weighted by atomic mass is 9.82. The van der Waals surface area contributed by atoms with Gasteiger partial charge in [0.1, 0.15) is 5.54 Å². The third-order valence-electron chi connectivity index (χ3n) is 4.95. The highest BCUT2D eigenvalue weighted by Crippen LogP contribution is 2.33. The Labute approximate surface area is 143 Å². The number of hydrogen-bond acceptors (Lipinski definition) is 3. The van der Waals surface area contributed by atoms with E-state index in [0.29, 0.717) is 12.8 Å². The molecule has 3 amide bonds. The summed E-state index contributed by atoms with van der Waals surface area (Å²) in [5, 5.41) is 7.99. The Morgan fingerprint density at radius 2 is 1.71 bits per heavy atom. The van der Waals surface area contributed by atoms with E-state index in [1.54, 1.807) is 6.21 Å². The fourth-order valence-corrected chi connectivity index (χ4v) is 3.40. The average molecular weight is 327 g/mol. The second-order valence-corrected chi connectivity index (χ2v) is 7.81. The Morgan fingerprint density at radius 1 is 1.08 bits per heavy atom. The van der Waals surface area contributed by atoms with Crippen LogP contribution in [-0.4, -0.2) is 28.7 Å². The molecule has 2 aliphatic rings. The van der Waals surface area contributed by atoms with E-state index < -0.39 is 11.6 Å². The van der Waals surface area contributed by atoms with E-state index in [0.717, 1.165) is 29.8 Å². The summed E-state index contributed by atoms with van der Waals surface area (Å²) in [5.74, 6) is -0.213. The van der Waals surface area contributed by atoms with Gasteiger partial charge in [0.25, 0.3) is 5.91 Å². The minimum absolute atomic E-state index is 0.0911. The van der Waals surface area contributed by atoms with Crippen molar-refractivity contribution in [3.05, 3.63) is 35.4 Å². The first-order valence-corrected chi connectivity index (χ1v) is 8.63. The van der Waals surface area contributed by atoms with E-state index in [1.165, 1.54) is 5.56 Å². The Kier molecular flexibility index (Phi) is 4.20. The lowest BCUT2D eigenvalue weighted by Crippen LogP contribution is -2.48. The molecule has 2 fully saturated rings. The molecule has 1 saturated heterocycles. The second kappa shape index (κ2) is 6.04. The average Bonchev–Trinajstić information content (AvgIpc) is 2.76. The van der Waals surface area contributed by atoms with Gasteiger partial charge in [-0.1, -0.05) is 64.3 Å². The van der Waals surface area contributed by atoms with E-state index in [-0.39, 0.29) is 11.3 Å². The fourth-order valence-electron chi connectivity index (χ4n) is 3.40. The number of rotatable bonds is 2. The van der Waals surface area contributed by atoms with Crippen molar-refractivity contribution < 1.29 is 9.59 Å². The number of nitrogens with zero attached hydrogens (tertiary/aromatic N) is 2. The summed E-state index contributed by atoms with van der Waals surface area (Å²) in [5.41, 5.74) is 1.47. The molecule has 1 N–H and O–H groups in total. The first-order chi connectivity index (χ1) is 11.3. The van der Waals surface area contributed by atoms with Crippen LogP contribution in [0, 0.1) is 0 Å². The molecule has 24 heavy (non-hydrogen) atoms. The summed E-state index contributed by atoms with van der Waals surface area (Å²) in [6.45, 7) is 6.48. The Bertz CT molecular complexity index is 665. The smallest absolute Gasteiger partial charge is 0.321 e. The molecule has 0 atom stereocenters. The van der Waals surface area contributed by atoms with Crippen LogP contribution in [-0.2, 0) is 10.2 Å². The largest absolute Gasteiger partial charge is 0.346 e. The van der Waals surface area contributed by atoms with Gasteiger partial charge in [0, 0.05) is 0 Å². The SMILES string of the molecule is CC(C)(C)c1ccc(/C=N\N2C(=O)NC3(CCCCC3)C2=O)cc1. The summed E-state index contributed by atoms with van der Waals surface area (Å²) in [7, 11) is 0. The number of carbonyl (C=O) groups is 2. The zero-order chi connectivity index (χ0) is 17.4. The molecule has 1 aliphatic carbocycles. The van der Waals surface area contributed by atoms with Crippen LogP contribution in [0.1, 0.15) is 64.0 Å². The summed E-state index contributed by atoms with van der Waals surface area (Å²) in [4.78, 5) is 24.8. The molecule has 1 aromatic carbocycles. The number of benzene rings is 1. The van der Waals surface area contributed by atoms with Gasteiger partial charge in [-0.2, -0.15) is 5.10 Å². The summed E-state index contributed by atoms with van der Waals surface area (Å²) < 4.78 is 0. The van der Waals surface area contributed by atoms with Gasteiger partial charge in [-0.15, -0.1) is 5.01 Å². The number of nitrogens with one attached hydrogen (secondary N) is 1. The topological polar surface area (TPSA) is 61.8 Å². The number of urea groups is 1. The molecule has 0 radical (unpaired) electrons. The molecule has 1 saturated carbocycles. The molecule has 0 unspecified atom stereocenters. The molecule has 1 spiro atoms. The maximum atomic E-state index is 12.6. The van der Waals surface area contributed by atoms with Gasteiger partial charge in [0.15, 0.2) is 0 Å². The minimum Gasteiger partial charge on any atom is -0.321 e. The monoisotopic (exact) mass is 327 g/mol. The zero-order valence-electron chi connectivity index (χ0n) is 14.6. The molecular formula is C19H25N3O2. The zero-order valence-corrected chi connectivity index (χ0v) is 14.6. The third-order valence-corrected chi connectivity index (χ3v) is 4.95. The molecule has 0 aromatic heterocycles. The summed E-state index contributed by atoms with van der Waals surface area (Å²) >= 11 is 0. The van der Waals surface area contributed by atoms with Crippen molar-refractivity contribution in [2.45, 2.75) is 63.8 Å². The van der Waals surface area contributed by atoms with Gasteiger partial charge in [-0.05, 0) is 29.4 Å². The first kappa shape index (κ1) is 16.7. The van der Waals surface area contributed by atoms with Crippen LogP contribution < -0.4 is 5.32 Å². The van der Waals surface area contributed by atoms with E-state index >= 15 is 0 Å². The molecule has 1 heterocycles. The quantitative estimate of drug-likeness (QED) is 0.667. The van der Waals surface area contributed by atoms with Gasteiger partial charge < -0.3 is 5.32 Å². The molecule has 1 aliphatic heterocycles. The van der Waals surface area contributed by atoms with Crippen LogP contribution in [0.5, 0.6) is 0 Å².